The van der Waals surface area contributed by atoms with Gasteiger partial charge in [-0.2, -0.15) is 0 Å². The Balaban J connectivity index is 2.11. The minimum absolute atomic E-state index is 0.222. The zero-order valence-corrected chi connectivity index (χ0v) is 11.5. The molecule has 1 aliphatic heterocycles. The molecule has 0 spiro atoms. The molecule has 1 atom stereocenters. The first-order chi connectivity index (χ1) is 8.22. The molecule has 1 fully saturated rings. The van der Waals surface area contributed by atoms with Crippen molar-refractivity contribution in [2.24, 2.45) is 0 Å². The quantitative estimate of drug-likeness (QED) is 0.897. The summed E-state index contributed by atoms with van der Waals surface area (Å²) in [5.74, 6) is 0. The standard InChI is InChI=1S/C13H22N2OS/c1-10(2)15-7-4-3-5-12(15)13-14-9-11(17-13)6-8-16/h9-10,12,16H,3-8H2,1-2H3. The summed E-state index contributed by atoms with van der Waals surface area (Å²) in [6, 6.07) is 1.09. The van der Waals surface area contributed by atoms with Crippen LogP contribution in [0.3, 0.4) is 0 Å². The maximum atomic E-state index is 8.95. The molecule has 0 saturated carbocycles. The van der Waals surface area contributed by atoms with Crippen molar-refractivity contribution in [1.82, 2.24) is 9.88 Å². The molecule has 96 valence electrons. The van der Waals surface area contributed by atoms with Crippen LogP contribution in [0.1, 0.15) is 49.0 Å². The number of piperidine rings is 1. The molecule has 0 aromatic carbocycles. The van der Waals surface area contributed by atoms with E-state index in [1.807, 2.05) is 6.20 Å². The van der Waals surface area contributed by atoms with E-state index in [1.165, 1.54) is 35.7 Å². The fourth-order valence-electron chi connectivity index (χ4n) is 2.54. The van der Waals surface area contributed by atoms with Crippen molar-refractivity contribution in [2.45, 2.75) is 51.6 Å². The largest absolute Gasteiger partial charge is 0.396 e. The number of nitrogens with zero attached hydrogens (tertiary/aromatic N) is 2. The Hall–Kier alpha value is -0.450. The molecule has 0 radical (unpaired) electrons. The lowest BCUT2D eigenvalue weighted by molar-refractivity contribution is 0.112. The van der Waals surface area contributed by atoms with E-state index in [9.17, 15) is 0 Å². The Morgan fingerprint density at radius 2 is 2.35 bits per heavy atom. The summed E-state index contributed by atoms with van der Waals surface area (Å²) in [6.07, 6.45) is 6.52. The first kappa shape index (κ1) is 13.0. The van der Waals surface area contributed by atoms with E-state index in [4.69, 9.17) is 5.11 Å². The summed E-state index contributed by atoms with van der Waals surface area (Å²) in [4.78, 5) is 8.32. The molecule has 4 heteroatoms. The number of aliphatic hydroxyl groups is 1. The van der Waals surface area contributed by atoms with Gasteiger partial charge in [0.05, 0.1) is 6.04 Å². The van der Waals surface area contributed by atoms with Gasteiger partial charge in [-0.3, -0.25) is 4.90 Å². The van der Waals surface area contributed by atoms with Gasteiger partial charge in [-0.25, -0.2) is 4.98 Å². The molecule has 1 saturated heterocycles. The number of aromatic nitrogens is 1. The van der Waals surface area contributed by atoms with Crippen LogP contribution in [0.25, 0.3) is 0 Å². The van der Waals surface area contributed by atoms with Crippen molar-refractivity contribution in [3.05, 3.63) is 16.1 Å². The van der Waals surface area contributed by atoms with Crippen LogP contribution >= 0.6 is 11.3 Å². The van der Waals surface area contributed by atoms with Crippen LogP contribution in [0, 0.1) is 0 Å². The van der Waals surface area contributed by atoms with E-state index in [0.717, 1.165) is 6.42 Å². The van der Waals surface area contributed by atoms with Crippen molar-refractivity contribution >= 4 is 11.3 Å². The highest BCUT2D eigenvalue weighted by atomic mass is 32.1. The van der Waals surface area contributed by atoms with Crippen molar-refractivity contribution in [3.8, 4) is 0 Å². The number of hydrogen-bond acceptors (Lipinski definition) is 4. The highest BCUT2D eigenvalue weighted by Crippen LogP contribution is 2.34. The predicted molar refractivity (Wildman–Crippen MR) is 71.3 cm³/mol. The van der Waals surface area contributed by atoms with Crippen LogP contribution in [-0.2, 0) is 6.42 Å². The lowest BCUT2D eigenvalue weighted by Gasteiger charge is -2.37. The molecule has 1 unspecified atom stereocenters. The van der Waals surface area contributed by atoms with Crippen LogP contribution in [0.5, 0.6) is 0 Å². The van der Waals surface area contributed by atoms with Gasteiger partial charge >= 0.3 is 0 Å². The number of likely N-dealkylation sites (tertiary alicyclic amines) is 1. The number of thiazole rings is 1. The Bertz CT molecular complexity index is 351. The van der Waals surface area contributed by atoms with Gasteiger partial charge in [0, 0.05) is 30.1 Å². The Morgan fingerprint density at radius 3 is 3.06 bits per heavy atom. The Labute approximate surface area is 107 Å². The molecule has 1 aromatic rings. The smallest absolute Gasteiger partial charge is 0.110 e. The second kappa shape index (κ2) is 5.94. The normalized spacial score (nSPS) is 22.2. The lowest BCUT2D eigenvalue weighted by Crippen LogP contribution is -2.38. The van der Waals surface area contributed by atoms with Gasteiger partial charge in [0.2, 0.25) is 0 Å². The van der Waals surface area contributed by atoms with E-state index < -0.39 is 0 Å². The molecule has 3 nitrogen and oxygen atoms in total. The van der Waals surface area contributed by atoms with Gasteiger partial charge in [-0.05, 0) is 33.2 Å². The second-order valence-corrected chi connectivity index (χ2v) is 6.13. The SMILES string of the molecule is CC(C)N1CCCCC1c1ncc(CCO)s1. The summed E-state index contributed by atoms with van der Waals surface area (Å²) >= 11 is 1.77. The average Bonchev–Trinajstić information content (AvgIpc) is 2.78. The topological polar surface area (TPSA) is 36.4 Å². The molecular weight excluding hydrogens is 232 g/mol. The van der Waals surface area contributed by atoms with Gasteiger partial charge in [-0.15, -0.1) is 11.3 Å². The minimum atomic E-state index is 0.222. The van der Waals surface area contributed by atoms with Crippen LogP contribution in [0.4, 0.5) is 0 Å². The summed E-state index contributed by atoms with van der Waals surface area (Å²) in [5, 5.41) is 10.2. The van der Waals surface area contributed by atoms with Crippen LogP contribution in [0.2, 0.25) is 0 Å². The zero-order chi connectivity index (χ0) is 12.3. The fraction of sp³-hybridized carbons (Fsp3) is 0.769. The van der Waals surface area contributed by atoms with Gasteiger partial charge < -0.3 is 5.11 Å². The van der Waals surface area contributed by atoms with E-state index in [-0.39, 0.29) is 6.61 Å². The minimum Gasteiger partial charge on any atom is -0.396 e. The van der Waals surface area contributed by atoms with Crippen LogP contribution in [-0.4, -0.2) is 34.2 Å². The van der Waals surface area contributed by atoms with Crippen molar-refractivity contribution in [1.29, 1.82) is 0 Å². The third-order valence-electron chi connectivity index (χ3n) is 3.42. The Kier molecular flexibility index (Phi) is 4.54. The number of rotatable bonds is 4. The Morgan fingerprint density at radius 1 is 1.53 bits per heavy atom. The molecular formula is C13H22N2OS. The maximum absolute atomic E-state index is 8.95. The third-order valence-corrected chi connectivity index (χ3v) is 4.58. The molecule has 2 rings (SSSR count). The van der Waals surface area contributed by atoms with E-state index >= 15 is 0 Å². The molecule has 1 aliphatic rings. The molecule has 17 heavy (non-hydrogen) atoms. The molecule has 1 aromatic heterocycles. The monoisotopic (exact) mass is 254 g/mol. The average molecular weight is 254 g/mol. The summed E-state index contributed by atoms with van der Waals surface area (Å²) < 4.78 is 0. The number of aliphatic hydroxyl groups excluding tert-OH is 1. The van der Waals surface area contributed by atoms with E-state index in [2.05, 4.69) is 23.7 Å². The van der Waals surface area contributed by atoms with Crippen molar-refractivity contribution < 1.29 is 5.11 Å². The van der Waals surface area contributed by atoms with Crippen molar-refractivity contribution in [3.63, 3.8) is 0 Å². The first-order valence-corrected chi connectivity index (χ1v) is 7.35. The molecule has 0 amide bonds. The summed E-state index contributed by atoms with van der Waals surface area (Å²) in [7, 11) is 0. The van der Waals surface area contributed by atoms with Gasteiger partial charge in [-0.1, -0.05) is 6.42 Å². The van der Waals surface area contributed by atoms with Gasteiger partial charge in [0.15, 0.2) is 0 Å². The first-order valence-electron chi connectivity index (χ1n) is 6.53. The highest BCUT2D eigenvalue weighted by Gasteiger charge is 2.27. The highest BCUT2D eigenvalue weighted by molar-refractivity contribution is 7.11. The third kappa shape index (κ3) is 3.06. The number of hydrogen-bond donors (Lipinski definition) is 1. The lowest BCUT2D eigenvalue weighted by atomic mass is 10.0. The summed E-state index contributed by atoms with van der Waals surface area (Å²) in [5.41, 5.74) is 0. The molecule has 0 bridgehead atoms. The fourth-order valence-corrected chi connectivity index (χ4v) is 3.60. The van der Waals surface area contributed by atoms with Crippen LogP contribution in [0.15, 0.2) is 6.20 Å². The van der Waals surface area contributed by atoms with Gasteiger partial charge in [0.1, 0.15) is 5.01 Å². The van der Waals surface area contributed by atoms with E-state index in [1.54, 1.807) is 11.3 Å². The predicted octanol–water partition coefficient (Wildman–Crippen LogP) is 2.61. The molecule has 1 N–H and O–H groups in total. The summed E-state index contributed by atoms with van der Waals surface area (Å²) in [6.45, 7) is 5.94. The van der Waals surface area contributed by atoms with Gasteiger partial charge in [0.25, 0.3) is 0 Å². The zero-order valence-electron chi connectivity index (χ0n) is 10.7. The second-order valence-electron chi connectivity index (χ2n) is 4.98. The van der Waals surface area contributed by atoms with E-state index in [0.29, 0.717) is 12.1 Å². The molecule has 0 aliphatic carbocycles. The van der Waals surface area contributed by atoms with Crippen LogP contribution < -0.4 is 0 Å². The van der Waals surface area contributed by atoms with Crippen molar-refractivity contribution in [2.75, 3.05) is 13.2 Å². The molecule has 2 heterocycles. The maximum Gasteiger partial charge on any atom is 0.110 e.